The van der Waals surface area contributed by atoms with Gasteiger partial charge in [0.25, 0.3) is 8.32 Å². The Morgan fingerprint density at radius 2 is 1.52 bits per heavy atom. The van der Waals surface area contributed by atoms with E-state index in [1.807, 2.05) is 18.2 Å². The summed E-state index contributed by atoms with van der Waals surface area (Å²) in [5.74, 6) is 0. The Balaban J connectivity index is 1.74. The molecular formula is C23H29NO3SSi. The predicted octanol–water partition coefficient (Wildman–Crippen LogP) is 3.25. The van der Waals surface area contributed by atoms with Crippen molar-refractivity contribution in [2.45, 2.75) is 50.7 Å². The van der Waals surface area contributed by atoms with Crippen molar-refractivity contribution in [3.63, 3.8) is 0 Å². The molecule has 2 heterocycles. The molecule has 0 N–H and O–H groups in total. The van der Waals surface area contributed by atoms with Crippen molar-refractivity contribution in [2.24, 2.45) is 0 Å². The highest BCUT2D eigenvalue weighted by Crippen LogP contribution is 2.39. The van der Waals surface area contributed by atoms with Gasteiger partial charge >= 0.3 is 0 Å². The summed E-state index contributed by atoms with van der Waals surface area (Å²) >= 11 is 0. The van der Waals surface area contributed by atoms with Gasteiger partial charge in [-0.1, -0.05) is 87.5 Å². The van der Waals surface area contributed by atoms with Gasteiger partial charge in [0, 0.05) is 17.5 Å². The smallest absolute Gasteiger partial charge is 0.261 e. The van der Waals surface area contributed by atoms with Crippen molar-refractivity contribution in [3.8, 4) is 0 Å². The van der Waals surface area contributed by atoms with Crippen molar-refractivity contribution in [1.82, 2.24) is 4.31 Å². The van der Waals surface area contributed by atoms with Crippen LogP contribution in [-0.4, -0.2) is 39.7 Å². The van der Waals surface area contributed by atoms with E-state index >= 15 is 0 Å². The van der Waals surface area contributed by atoms with E-state index in [4.69, 9.17) is 4.43 Å². The number of rotatable bonds is 5. The monoisotopic (exact) mass is 427 g/mol. The van der Waals surface area contributed by atoms with Crippen molar-refractivity contribution in [1.29, 1.82) is 0 Å². The minimum Gasteiger partial charge on any atom is -0.406 e. The van der Waals surface area contributed by atoms with Crippen LogP contribution in [0.4, 0.5) is 0 Å². The average Bonchev–Trinajstić information content (AvgIpc) is 3.24. The number of hydrogen-bond donors (Lipinski definition) is 0. The van der Waals surface area contributed by atoms with Gasteiger partial charge in [-0.3, -0.25) is 0 Å². The molecule has 2 aliphatic heterocycles. The third-order valence-electron chi connectivity index (χ3n) is 6.16. The molecule has 0 saturated carbocycles. The van der Waals surface area contributed by atoms with Gasteiger partial charge in [-0.05, 0) is 28.3 Å². The third-order valence-corrected chi connectivity index (χ3v) is 12.8. The maximum Gasteiger partial charge on any atom is 0.261 e. The summed E-state index contributed by atoms with van der Waals surface area (Å²) in [6.07, 6.45) is 3.52. The number of benzene rings is 2. The first-order valence-electron chi connectivity index (χ1n) is 10.2. The van der Waals surface area contributed by atoms with E-state index in [-0.39, 0.29) is 17.1 Å². The van der Waals surface area contributed by atoms with Crippen molar-refractivity contribution < 1.29 is 12.8 Å². The molecule has 2 aliphatic rings. The molecule has 1 saturated heterocycles. The molecule has 0 amide bonds. The maximum absolute atomic E-state index is 12.5. The van der Waals surface area contributed by atoms with E-state index in [0.29, 0.717) is 6.61 Å². The number of fused-ring (bicyclic) bond motifs is 1. The zero-order chi connectivity index (χ0) is 20.7. The summed E-state index contributed by atoms with van der Waals surface area (Å²) in [5.41, 5.74) is 0. The Labute approximate surface area is 175 Å². The fourth-order valence-electron chi connectivity index (χ4n) is 4.87. The highest BCUT2D eigenvalue weighted by atomic mass is 32.2. The summed E-state index contributed by atoms with van der Waals surface area (Å²) in [6, 6.07) is 20.9. The van der Waals surface area contributed by atoms with Gasteiger partial charge in [-0.2, -0.15) is 4.31 Å². The van der Waals surface area contributed by atoms with Gasteiger partial charge in [0.1, 0.15) is 0 Å². The van der Waals surface area contributed by atoms with E-state index < -0.39 is 18.3 Å². The Morgan fingerprint density at radius 1 is 0.966 bits per heavy atom. The lowest BCUT2D eigenvalue weighted by atomic mass is 10.2. The van der Waals surface area contributed by atoms with Gasteiger partial charge in [0.2, 0.25) is 10.0 Å². The lowest BCUT2D eigenvalue weighted by molar-refractivity contribution is 0.215. The van der Waals surface area contributed by atoms with E-state index in [1.165, 1.54) is 15.8 Å². The summed E-state index contributed by atoms with van der Waals surface area (Å²) < 4.78 is 33.6. The molecule has 0 bridgehead atoms. The van der Waals surface area contributed by atoms with Crippen LogP contribution in [0.25, 0.3) is 0 Å². The number of sulfonamides is 1. The fourth-order valence-corrected chi connectivity index (χ4v) is 11.1. The summed E-state index contributed by atoms with van der Waals surface area (Å²) in [6.45, 7) is 7.14. The normalized spacial score (nSPS) is 24.0. The van der Waals surface area contributed by atoms with Crippen LogP contribution in [0.2, 0.25) is 5.04 Å². The predicted molar refractivity (Wildman–Crippen MR) is 120 cm³/mol. The van der Waals surface area contributed by atoms with Crippen molar-refractivity contribution in [2.75, 3.05) is 6.61 Å². The molecule has 0 radical (unpaired) electrons. The first-order valence-corrected chi connectivity index (χ1v) is 13.6. The molecule has 0 aliphatic carbocycles. The zero-order valence-corrected chi connectivity index (χ0v) is 19.1. The minimum atomic E-state index is -3.32. The van der Waals surface area contributed by atoms with Crippen LogP contribution in [0.1, 0.15) is 33.6 Å². The molecule has 2 atom stereocenters. The maximum atomic E-state index is 12.5. The van der Waals surface area contributed by atoms with E-state index in [9.17, 15) is 8.42 Å². The van der Waals surface area contributed by atoms with Crippen LogP contribution in [0, 0.1) is 0 Å². The van der Waals surface area contributed by atoms with Crippen LogP contribution in [0.3, 0.4) is 0 Å². The van der Waals surface area contributed by atoms with E-state index in [1.54, 1.807) is 4.31 Å². The quantitative estimate of drug-likeness (QED) is 0.688. The molecule has 4 nitrogen and oxygen atoms in total. The van der Waals surface area contributed by atoms with Gasteiger partial charge in [0.15, 0.2) is 0 Å². The second-order valence-corrected chi connectivity index (χ2v) is 15.0. The average molecular weight is 428 g/mol. The molecule has 29 heavy (non-hydrogen) atoms. The molecule has 0 spiro atoms. The molecule has 154 valence electrons. The summed E-state index contributed by atoms with van der Waals surface area (Å²) in [4.78, 5) is 0. The fraction of sp³-hybridized carbons (Fsp3) is 0.391. The second-order valence-electron chi connectivity index (χ2n) is 8.98. The standard InChI is InChI=1S/C23H29NO3SSi/c1-23(2,3)29(21-10-6-4-7-11-21,22-12-8-5-9-13-22)27-18-20-15-14-19-16-17-28(25,26)24(19)20/h4-13,16-17,19-20H,14-15,18H2,1-3H3/t19?,20-/m0/s1. The van der Waals surface area contributed by atoms with Crippen LogP contribution in [0.15, 0.2) is 72.1 Å². The Kier molecular flexibility index (Phi) is 5.32. The van der Waals surface area contributed by atoms with Crippen LogP contribution in [-0.2, 0) is 14.4 Å². The van der Waals surface area contributed by atoms with Gasteiger partial charge in [-0.15, -0.1) is 0 Å². The van der Waals surface area contributed by atoms with Crippen LogP contribution in [0.5, 0.6) is 0 Å². The topological polar surface area (TPSA) is 46.6 Å². The lowest BCUT2D eigenvalue weighted by Gasteiger charge is -2.44. The molecule has 2 aromatic rings. The number of hydrogen-bond acceptors (Lipinski definition) is 3. The van der Waals surface area contributed by atoms with Gasteiger partial charge < -0.3 is 4.43 Å². The molecule has 0 aromatic heterocycles. The van der Waals surface area contributed by atoms with E-state index in [0.717, 1.165) is 12.8 Å². The summed E-state index contributed by atoms with van der Waals surface area (Å²) in [7, 11) is -5.97. The molecule has 4 rings (SSSR count). The van der Waals surface area contributed by atoms with Crippen LogP contribution < -0.4 is 10.4 Å². The Hall–Kier alpha value is -1.73. The molecule has 1 fully saturated rings. The Bertz CT molecular complexity index is 944. The van der Waals surface area contributed by atoms with Gasteiger partial charge in [0.05, 0.1) is 6.61 Å². The lowest BCUT2D eigenvalue weighted by Crippen LogP contribution is -2.67. The minimum absolute atomic E-state index is 0.00671. The highest BCUT2D eigenvalue weighted by Gasteiger charge is 2.51. The van der Waals surface area contributed by atoms with E-state index in [2.05, 4.69) is 69.3 Å². The van der Waals surface area contributed by atoms with Crippen LogP contribution >= 0.6 is 0 Å². The highest BCUT2D eigenvalue weighted by molar-refractivity contribution is 7.92. The van der Waals surface area contributed by atoms with Crippen molar-refractivity contribution in [3.05, 3.63) is 72.1 Å². The number of nitrogens with zero attached hydrogens (tertiary/aromatic N) is 1. The SMILES string of the molecule is CC(C)(C)[Si](OC[C@@H]1CCC2C=CS(=O)(=O)N21)(c1ccccc1)c1ccccc1. The summed E-state index contributed by atoms with van der Waals surface area (Å²) in [5, 5.41) is 3.67. The molecule has 6 heteroatoms. The molecule has 1 unspecified atom stereocenters. The second kappa shape index (κ2) is 7.51. The largest absolute Gasteiger partial charge is 0.406 e. The molecular weight excluding hydrogens is 398 g/mol. The van der Waals surface area contributed by atoms with Crippen molar-refractivity contribution >= 4 is 28.7 Å². The van der Waals surface area contributed by atoms with Gasteiger partial charge in [-0.25, -0.2) is 8.42 Å². The first-order chi connectivity index (χ1) is 13.8. The Morgan fingerprint density at radius 3 is 2.03 bits per heavy atom. The first kappa shape index (κ1) is 20.5. The third kappa shape index (κ3) is 3.52. The molecule has 2 aromatic carbocycles. The zero-order valence-electron chi connectivity index (χ0n) is 17.3.